The van der Waals surface area contributed by atoms with Gasteiger partial charge >= 0.3 is 6.09 Å². The fourth-order valence-corrected chi connectivity index (χ4v) is 2.23. The number of likely N-dealkylation sites (tertiary alicyclic amines) is 1. The summed E-state index contributed by atoms with van der Waals surface area (Å²) >= 11 is 0. The highest BCUT2D eigenvalue weighted by Crippen LogP contribution is 2.28. The molecule has 2 saturated heterocycles. The first-order valence-corrected chi connectivity index (χ1v) is 5.57. The van der Waals surface area contributed by atoms with Crippen molar-refractivity contribution < 1.29 is 9.53 Å². The van der Waals surface area contributed by atoms with Gasteiger partial charge in [0.25, 0.3) is 0 Å². The first-order valence-electron chi connectivity index (χ1n) is 5.57. The van der Waals surface area contributed by atoms with Crippen molar-refractivity contribution in [3.05, 3.63) is 0 Å². The Morgan fingerprint density at radius 2 is 1.80 bits per heavy atom. The van der Waals surface area contributed by atoms with Crippen molar-refractivity contribution in [1.29, 1.82) is 0 Å². The summed E-state index contributed by atoms with van der Waals surface area (Å²) < 4.78 is 5.34. The van der Waals surface area contributed by atoms with Gasteiger partial charge in [0.2, 0.25) is 0 Å². The molecule has 2 unspecified atom stereocenters. The molecule has 2 fully saturated rings. The van der Waals surface area contributed by atoms with E-state index in [0.717, 1.165) is 26.2 Å². The number of carbonyl (C=O) groups excluding carboxylic acids is 1. The third-order valence-corrected chi connectivity index (χ3v) is 2.96. The van der Waals surface area contributed by atoms with E-state index in [4.69, 9.17) is 4.74 Å². The van der Waals surface area contributed by atoms with Crippen molar-refractivity contribution in [2.45, 2.75) is 26.4 Å². The highest BCUT2D eigenvalue weighted by molar-refractivity contribution is 5.68. The first-order chi connectivity index (χ1) is 6.96. The molecule has 2 aliphatic heterocycles. The van der Waals surface area contributed by atoms with Crippen molar-refractivity contribution in [2.75, 3.05) is 26.2 Å². The molecule has 15 heavy (non-hydrogen) atoms. The number of amides is 1. The fourth-order valence-electron chi connectivity index (χ4n) is 2.23. The van der Waals surface area contributed by atoms with Crippen LogP contribution >= 0.6 is 0 Å². The van der Waals surface area contributed by atoms with E-state index in [-0.39, 0.29) is 11.7 Å². The van der Waals surface area contributed by atoms with Crippen LogP contribution in [-0.4, -0.2) is 42.8 Å². The number of hydrogen-bond donors (Lipinski definition) is 0. The van der Waals surface area contributed by atoms with Gasteiger partial charge in [0.15, 0.2) is 0 Å². The van der Waals surface area contributed by atoms with Crippen molar-refractivity contribution in [3.63, 3.8) is 0 Å². The van der Waals surface area contributed by atoms with Crippen LogP contribution < -0.4 is 5.32 Å². The minimum atomic E-state index is -0.390. The highest BCUT2D eigenvalue weighted by atomic mass is 16.6. The van der Waals surface area contributed by atoms with Crippen LogP contribution in [0.3, 0.4) is 0 Å². The predicted octanol–water partition coefficient (Wildman–Crippen LogP) is 1.09. The molecule has 2 aliphatic rings. The lowest BCUT2D eigenvalue weighted by Crippen LogP contribution is -2.36. The van der Waals surface area contributed by atoms with Gasteiger partial charge < -0.3 is 9.64 Å². The van der Waals surface area contributed by atoms with Crippen LogP contribution in [0.4, 0.5) is 4.79 Å². The summed E-state index contributed by atoms with van der Waals surface area (Å²) in [6, 6.07) is 0. The Morgan fingerprint density at radius 1 is 1.27 bits per heavy atom. The van der Waals surface area contributed by atoms with E-state index in [2.05, 4.69) is 5.32 Å². The average Bonchev–Trinajstić information content (AvgIpc) is 2.56. The van der Waals surface area contributed by atoms with Crippen LogP contribution in [0.5, 0.6) is 0 Å². The lowest BCUT2D eigenvalue weighted by molar-refractivity contribution is 0.0281. The number of ether oxygens (including phenoxy) is 1. The minimum Gasteiger partial charge on any atom is -0.444 e. The summed E-state index contributed by atoms with van der Waals surface area (Å²) in [5, 5.41) is 4.36. The molecule has 2 atom stereocenters. The molecule has 0 bridgehead atoms. The average molecular weight is 211 g/mol. The first kappa shape index (κ1) is 10.7. The zero-order valence-corrected chi connectivity index (χ0v) is 9.69. The molecule has 2 heterocycles. The Bertz CT molecular complexity index is 248. The molecule has 4 heteroatoms. The quantitative estimate of drug-likeness (QED) is 0.602. The van der Waals surface area contributed by atoms with E-state index < -0.39 is 0 Å². The van der Waals surface area contributed by atoms with E-state index in [9.17, 15) is 4.79 Å². The molecule has 0 aromatic carbocycles. The molecule has 1 amide bonds. The number of nitrogens with zero attached hydrogens (tertiary/aromatic N) is 2. The molecule has 1 radical (unpaired) electrons. The lowest BCUT2D eigenvalue weighted by atomic mass is 10.0. The number of rotatable bonds is 0. The van der Waals surface area contributed by atoms with Gasteiger partial charge in [0, 0.05) is 26.2 Å². The standard InChI is InChI=1S/C11H19N2O2/c1-11(2,3)15-10(14)13-6-8-4-12-5-9(8)7-13/h8-9H,4-7H2,1-3H3. The summed E-state index contributed by atoms with van der Waals surface area (Å²) in [5.74, 6) is 1.16. The molecule has 0 N–H and O–H groups in total. The molecule has 0 aromatic heterocycles. The lowest BCUT2D eigenvalue weighted by Gasteiger charge is -2.24. The largest absolute Gasteiger partial charge is 0.444 e. The van der Waals surface area contributed by atoms with E-state index in [1.807, 2.05) is 25.7 Å². The van der Waals surface area contributed by atoms with Gasteiger partial charge in [0.05, 0.1) is 0 Å². The second-order valence-electron chi connectivity index (χ2n) is 5.49. The minimum absolute atomic E-state index is 0.170. The third-order valence-electron chi connectivity index (χ3n) is 2.96. The normalized spacial score (nSPS) is 30.5. The molecule has 0 spiro atoms. The number of fused-ring (bicyclic) bond motifs is 1. The second kappa shape index (κ2) is 3.67. The topological polar surface area (TPSA) is 43.6 Å². The SMILES string of the molecule is CC(C)(C)OC(=O)N1CC2C[N]CC2C1. The molecular formula is C11H19N2O2. The van der Waals surface area contributed by atoms with Gasteiger partial charge in [-0.3, -0.25) is 0 Å². The summed E-state index contributed by atoms with van der Waals surface area (Å²) in [7, 11) is 0. The van der Waals surface area contributed by atoms with Crippen molar-refractivity contribution in [3.8, 4) is 0 Å². The molecule has 2 rings (SSSR count). The van der Waals surface area contributed by atoms with Crippen LogP contribution in [-0.2, 0) is 4.74 Å². The molecule has 4 nitrogen and oxygen atoms in total. The molecule has 0 saturated carbocycles. The molecule has 0 aliphatic carbocycles. The van der Waals surface area contributed by atoms with Crippen LogP contribution in [0.25, 0.3) is 0 Å². The maximum absolute atomic E-state index is 11.8. The highest BCUT2D eigenvalue weighted by Gasteiger charge is 2.39. The van der Waals surface area contributed by atoms with Gasteiger partial charge in [-0.2, -0.15) is 0 Å². The second-order valence-corrected chi connectivity index (χ2v) is 5.49. The zero-order chi connectivity index (χ0) is 11.1. The van der Waals surface area contributed by atoms with E-state index >= 15 is 0 Å². The van der Waals surface area contributed by atoms with E-state index in [1.54, 1.807) is 0 Å². The summed E-state index contributed by atoms with van der Waals surface area (Å²) in [6.07, 6.45) is -0.170. The Labute approximate surface area is 91.0 Å². The van der Waals surface area contributed by atoms with Crippen LogP contribution in [0.2, 0.25) is 0 Å². The van der Waals surface area contributed by atoms with Gasteiger partial charge in [-0.25, -0.2) is 10.1 Å². The van der Waals surface area contributed by atoms with E-state index in [0.29, 0.717) is 11.8 Å². The van der Waals surface area contributed by atoms with Crippen LogP contribution in [0.15, 0.2) is 0 Å². The maximum atomic E-state index is 11.8. The van der Waals surface area contributed by atoms with Crippen molar-refractivity contribution >= 4 is 6.09 Å². The summed E-state index contributed by atoms with van der Waals surface area (Å²) in [5.41, 5.74) is -0.390. The monoisotopic (exact) mass is 211 g/mol. The maximum Gasteiger partial charge on any atom is 0.410 e. The van der Waals surface area contributed by atoms with Gasteiger partial charge in [0.1, 0.15) is 5.60 Å². The number of hydrogen-bond acceptors (Lipinski definition) is 2. The van der Waals surface area contributed by atoms with E-state index in [1.165, 1.54) is 0 Å². The Hall–Kier alpha value is -0.770. The molecule has 0 aromatic rings. The number of carbonyl (C=O) groups is 1. The van der Waals surface area contributed by atoms with Crippen LogP contribution in [0, 0.1) is 11.8 Å². The Morgan fingerprint density at radius 3 is 2.27 bits per heavy atom. The fraction of sp³-hybridized carbons (Fsp3) is 0.909. The van der Waals surface area contributed by atoms with Crippen LogP contribution in [0.1, 0.15) is 20.8 Å². The summed E-state index contributed by atoms with van der Waals surface area (Å²) in [6.45, 7) is 9.19. The zero-order valence-electron chi connectivity index (χ0n) is 9.69. The molecular weight excluding hydrogens is 192 g/mol. The predicted molar refractivity (Wildman–Crippen MR) is 56.7 cm³/mol. The Kier molecular flexibility index (Phi) is 2.63. The van der Waals surface area contributed by atoms with Crippen molar-refractivity contribution in [2.24, 2.45) is 11.8 Å². The third kappa shape index (κ3) is 2.43. The Balaban J connectivity index is 1.88. The van der Waals surface area contributed by atoms with Gasteiger partial charge in [-0.1, -0.05) is 0 Å². The molecule has 85 valence electrons. The smallest absolute Gasteiger partial charge is 0.410 e. The van der Waals surface area contributed by atoms with Crippen molar-refractivity contribution in [1.82, 2.24) is 10.2 Å². The summed E-state index contributed by atoms with van der Waals surface area (Å²) in [4.78, 5) is 13.6. The van der Waals surface area contributed by atoms with Gasteiger partial charge in [-0.15, -0.1) is 0 Å². The van der Waals surface area contributed by atoms with Gasteiger partial charge in [-0.05, 0) is 32.6 Å².